The van der Waals surface area contributed by atoms with E-state index in [4.69, 9.17) is 21.7 Å². The lowest BCUT2D eigenvalue weighted by atomic mass is 10.0. The zero-order chi connectivity index (χ0) is 22.7. The number of nitrogens with zero attached hydrogens (tertiary/aromatic N) is 1. The van der Waals surface area contributed by atoms with Gasteiger partial charge in [-0.05, 0) is 30.7 Å². The fourth-order valence-electron chi connectivity index (χ4n) is 3.60. The maximum Gasteiger partial charge on any atom is 0.259 e. The maximum absolute atomic E-state index is 14.2. The molecule has 1 fully saturated rings. The Morgan fingerprint density at radius 2 is 1.78 bits per heavy atom. The van der Waals surface area contributed by atoms with Crippen LogP contribution in [0.15, 0.2) is 53.5 Å². The van der Waals surface area contributed by atoms with Gasteiger partial charge in [-0.25, -0.2) is 8.78 Å². The molecule has 1 aliphatic rings. The van der Waals surface area contributed by atoms with Crippen molar-refractivity contribution < 1.29 is 13.5 Å². The van der Waals surface area contributed by atoms with Gasteiger partial charge in [0.25, 0.3) is 5.56 Å². The van der Waals surface area contributed by atoms with Crippen LogP contribution in [-0.2, 0) is 4.74 Å². The molecule has 3 N–H and O–H groups in total. The zero-order valence-corrected chi connectivity index (χ0v) is 17.8. The molecular formula is C23H21ClF2N4O2. The molecule has 1 aliphatic heterocycles. The van der Waals surface area contributed by atoms with E-state index < -0.39 is 22.9 Å². The number of hydrogen-bond acceptors (Lipinski definition) is 5. The van der Waals surface area contributed by atoms with Gasteiger partial charge >= 0.3 is 0 Å². The molecule has 1 aromatic heterocycles. The van der Waals surface area contributed by atoms with Crippen LogP contribution in [0.1, 0.15) is 17.5 Å². The first kappa shape index (κ1) is 22.0. The van der Waals surface area contributed by atoms with E-state index in [1.807, 2.05) is 12.1 Å². The number of pyridine rings is 1. The van der Waals surface area contributed by atoms with Crippen LogP contribution >= 0.6 is 11.6 Å². The Labute approximate surface area is 188 Å². The number of para-hydroxylation sites is 1. The van der Waals surface area contributed by atoms with E-state index in [1.165, 1.54) is 12.3 Å². The van der Waals surface area contributed by atoms with Crippen molar-refractivity contribution in [3.05, 3.63) is 86.8 Å². The molecule has 0 unspecified atom stereocenters. The fourth-order valence-corrected chi connectivity index (χ4v) is 3.79. The summed E-state index contributed by atoms with van der Waals surface area (Å²) < 4.78 is 33.8. The van der Waals surface area contributed by atoms with Gasteiger partial charge in [-0.1, -0.05) is 29.8 Å². The van der Waals surface area contributed by atoms with Crippen molar-refractivity contribution >= 4 is 34.4 Å². The summed E-state index contributed by atoms with van der Waals surface area (Å²) in [5, 5.41) is 11.2. The molecule has 0 radical (unpaired) electrons. The van der Waals surface area contributed by atoms with Gasteiger partial charge in [-0.3, -0.25) is 10.2 Å². The Morgan fingerprint density at radius 3 is 2.50 bits per heavy atom. The number of rotatable bonds is 5. The topological polar surface area (TPSA) is 81.2 Å². The second kappa shape index (κ2) is 9.50. The van der Waals surface area contributed by atoms with Gasteiger partial charge in [-0.2, -0.15) is 0 Å². The van der Waals surface area contributed by atoms with E-state index in [0.29, 0.717) is 12.2 Å². The normalized spacial score (nSPS) is 14.2. The molecule has 0 amide bonds. The lowest BCUT2D eigenvalue weighted by Crippen LogP contribution is -2.26. The molecule has 6 nitrogen and oxygen atoms in total. The van der Waals surface area contributed by atoms with Gasteiger partial charge in [0.2, 0.25) is 0 Å². The largest absolute Gasteiger partial charge is 0.380 e. The molecule has 0 bridgehead atoms. The van der Waals surface area contributed by atoms with E-state index in [1.54, 1.807) is 12.1 Å². The molecule has 0 spiro atoms. The van der Waals surface area contributed by atoms with Gasteiger partial charge in [0.05, 0.1) is 28.6 Å². The van der Waals surface area contributed by atoms with Crippen molar-refractivity contribution in [1.29, 1.82) is 5.41 Å². The van der Waals surface area contributed by atoms with Crippen LogP contribution in [-0.4, -0.2) is 37.0 Å². The molecule has 166 valence electrons. The Balaban J connectivity index is 1.68. The third kappa shape index (κ3) is 4.51. The molecule has 0 atom stereocenters. The molecule has 0 saturated carbocycles. The van der Waals surface area contributed by atoms with E-state index >= 15 is 0 Å². The number of halogens is 3. The smallest absolute Gasteiger partial charge is 0.259 e. The number of anilines is 3. The first-order chi connectivity index (χ1) is 15.5. The highest BCUT2D eigenvalue weighted by Gasteiger charge is 2.21. The van der Waals surface area contributed by atoms with Gasteiger partial charge in [0.15, 0.2) is 0 Å². The van der Waals surface area contributed by atoms with Crippen LogP contribution in [0, 0.1) is 17.0 Å². The molecule has 2 heterocycles. The van der Waals surface area contributed by atoms with Gasteiger partial charge in [0.1, 0.15) is 17.3 Å². The van der Waals surface area contributed by atoms with Crippen LogP contribution in [0.4, 0.5) is 25.8 Å². The number of hydrogen-bond donors (Lipinski definition) is 3. The van der Waals surface area contributed by atoms with Crippen molar-refractivity contribution in [3.8, 4) is 0 Å². The average molecular weight is 459 g/mol. The van der Waals surface area contributed by atoms with Crippen molar-refractivity contribution in [3.63, 3.8) is 0 Å². The second-order valence-corrected chi connectivity index (χ2v) is 7.72. The van der Waals surface area contributed by atoms with E-state index in [0.717, 1.165) is 43.9 Å². The quantitative estimate of drug-likeness (QED) is 0.484. The van der Waals surface area contributed by atoms with E-state index in [2.05, 4.69) is 15.2 Å². The summed E-state index contributed by atoms with van der Waals surface area (Å²) in [6.07, 6.45) is 2.14. The van der Waals surface area contributed by atoms with Gasteiger partial charge in [0, 0.05) is 37.1 Å². The highest BCUT2D eigenvalue weighted by Crippen LogP contribution is 2.31. The maximum atomic E-state index is 14.2. The summed E-state index contributed by atoms with van der Waals surface area (Å²) in [6, 6.07) is 10.6. The number of ether oxygens (including phenoxy) is 1. The number of H-pyrrole nitrogens is 1. The summed E-state index contributed by atoms with van der Waals surface area (Å²) in [4.78, 5) is 17.3. The molecule has 2 aromatic carbocycles. The van der Waals surface area contributed by atoms with Gasteiger partial charge < -0.3 is 19.9 Å². The lowest BCUT2D eigenvalue weighted by molar-refractivity contribution is 0.152. The Kier molecular flexibility index (Phi) is 6.53. The molecule has 1 saturated heterocycles. The average Bonchev–Trinajstić information content (AvgIpc) is 3.08. The summed E-state index contributed by atoms with van der Waals surface area (Å²) >= 11 is 6.24. The summed E-state index contributed by atoms with van der Waals surface area (Å²) in [5.41, 5.74) is 0.108. The van der Waals surface area contributed by atoms with Crippen LogP contribution in [0.5, 0.6) is 0 Å². The van der Waals surface area contributed by atoms with Crippen molar-refractivity contribution in [1.82, 2.24) is 4.98 Å². The highest BCUT2D eigenvalue weighted by atomic mass is 35.5. The van der Waals surface area contributed by atoms with E-state index in [9.17, 15) is 13.6 Å². The fraction of sp³-hybridized carbons (Fsp3) is 0.217. The van der Waals surface area contributed by atoms with Crippen molar-refractivity contribution in [2.45, 2.75) is 6.42 Å². The lowest BCUT2D eigenvalue weighted by Gasteiger charge is -2.22. The molecular weight excluding hydrogens is 438 g/mol. The summed E-state index contributed by atoms with van der Waals surface area (Å²) in [6.45, 7) is 3.02. The predicted octanol–water partition coefficient (Wildman–Crippen LogP) is 4.69. The standard InChI is InChI=1S/C23H21ClF2N4O2/c24-16-13-28-23(31)19(21(16)29-22-17(25)3-1-4-18(22)26)20(27)14-5-7-15(8-6-14)30-9-2-11-32-12-10-30/h1,3-8,13,27H,2,9-12H2,(H2,28,29,31). The minimum Gasteiger partial charge on any atom is -0.380 e. The van der Waals surface area contributed by atoms with Crippen LogP contribution in [0.3, 0.4) is 0 Å². The monoisotopic (exact) mass is 458 g/mol. The molecule has 4 rings (SSSR count). The molecule has 3 aromatic rings. The molecule has 32 heavy (non-hydrogen) atoms. The first-order valence-electron chi connectivity index (χ1n) is 10.1. The minimum absolute atomic E-state index is 0.0215. The van der Waals surface area contributed by atoms with Crippen LogP contribution in [0.2, 0.25) is 5.02 Å². The summed E-state index contributed by atoms with van der Waals surface area (Å²) in [7, 11) is 0. The molecule has 0 aliphatic carbocycles. The van der Waals surface area contributed by atoms with Crippen molar-refractivity contribution in [2.24, 2.45) is 0 Å². The Bertz CT molecular complexity index is 1170. The summed E-state index contributed by atoms with van der Waals surface area (Å²) in [5.74, 6) is -1.69. The highest BCUT2D eigenvalue weighted by molar-refractivity contribution is 6.34. The number of benzene rings is 2. The third-order valence-corrected chi connectivity index (χ3v) is 5.55. The first-order valence-corrected chi connectivity index (χ1v) is 10.5. The second-order valence-electron chi connectivity index (χ2n) is 7.31. The van der Waals surface area contributed by atoms with Crippen LogP contribution in [0.25, 0.3) is 0 Å². The third-order valence-electron chi connectivity index (χ3n) is 5.25. The van der Waals surface area contributed by atoms with E-state index in [-0.39, 0.29) is 22.0 Å². The number of nitrogens with one attached hydrogen (secondary N) is 3. The molecule has 9 heteroatoms. The predicted molar refractivity (Wildman–Crippen MR) is 122 cm³/mol. The zero-order valence-electron chi connectivity index (χ0n) is 17.1. The van der Waals surface area contributed by atoms with Crippen molar-refractivity contribution in [2.75, 3.05) is 36.5 Å². The van der Waals surface area contributed by atoms with Crippen LogP contribution < -0.4 is 15.8 Å². The van der Waals surface area contributed by atoms with Gasteiger partial charge in [-0.15, -0.1) is 0 Å². The Morgan fingerprint density at radius 1 is 1.06 bits per heavy atom. The number of aromatic amines is 1. The SMILES string of the molecule is N=C(c1ccc(N2CCCOCC2)cc1)c1c(Nc2c(F)cccc2F)c(Cl)c[nH]c1=O. The minimum atomic E-state index is -0.843. The Hall–Kier alpha value is -3.23. The number of aromatic nitrogens is 1.